The molecule has 19 heavy (non-hydrogen) atoms. The van der Waals surface area contributed by atoms with Gasteiger partial charge in [-0.1, -0.05) is 17.7 Å². The van der Waals surface area contributed by atoms with Crippen LogP contribution >= 0.6 is 0 Å². The van der Waals surface area contributed by atoms with E-state index in [0.717, 1.165) is 37.5 Å². The number of ether oxygens (including phenoxy) is 1. The van der Waals surface area contributed by atoms with Gasteiger partial charge in [0, 0.05) is 31.7 Å². The monoisotopic (exact) mass is 262 g/mol. The molecule has 1 aromatic carbocycles. The van der Waals surface area contributed by atoms with Crippen LogP contribution < -0.4 is 4.74 Å². The molecule has 0 bridgehead atoms. The standard InChI is InChI=1S/C15H22N2O2/c1-11-3-4-14-12(9-11)15(13(18)10-19-14)17-7-5-16(2)6-8-17/h3-4,9,13,15,18H,5-8,10H2,1-2H3. The van der Waals surface area contributed by atoms with E-state index in [1.54, 1.807) is 0 Å². The number of aryl methyl sites for hydroxylation is 1. The summed E-state index contributed by atoms with van der Waals surface area (Å²) in [5.74, 6) is 0.930. The Balaban J connectivity index is 1.90. The predicted molar refractivity (Wildman–Crippen MR) is 74.5 cm³/mol. The molecule has 0 amide bonds. The number of rotatable bonds is 1. The molecular formula is C15H22N2O2. The Bertz CT molecular complexity index is 455. The molecule has 0 saturated carbocycles. The quantitative estimate of drug-likeness (QED) is 0.820. The lowest BCUT2D eigenvalue weighted by Gasteiger charge is -2.42. The lowest BCUT2D eigenvalue weighted by atomic mass is 9.94. The molecule has 0 aromatic heterocycles. The SMILES string of the molecule is Cc1ccc2c(c1)C(N1CCN(C)CC1)C(O)CO2. The minimum absolute atomic E-state index is 0.0809. The molecule has 3 rings (SSSR count). The van der Waals surface area contributed by atoms with Crippen molar-refractivity contribution in [2.45, 2.75) is 19.1 Å². The number of likely N-dealkylation sites (N-methyl/N-ethyl adjacent to an activating group) is 1. The Morgan fingerprint density at radius 3 is 2.68 bits per heavy atom. The second kappa shape index (κ2) is 5.12. The maximum atomic E-state index is 10.3. The minimum atomic E-state index is -0.433. The van der Waals surface area contributed by atoms with E-state index in [1.165, 1.54) is 5.56 Å². The normalized spacial score (nSPS) is 28.8. The van der Waals surface area contributed by atoms with Crippen LogP contribution in [0.2, 0.25) is 0 Å². The van der Waals surface area contributed by atoms with Crippen molar-refractivity contribution in [1.29, 1.82) is 0 Å². The van der Waals surface area contributed by atoms with Crippen LogP contribution in [0, 0.1) is 6.92 Å². The molecule has 1 N–H and O–H groups in total. The maximum Gasteiger partial charge on any atom is 0.124 e. The van der Waals surface area contributed by atoms with E-state index in [9.17, 15) is 5.11 Å². The van der Waals surface area contributed by atoms with Gasteiger partial charge in [0.05, 0.1) is 6.04 Å². The van der Waals surface area contributed by atoms with Gasteiger partial charge >= 0.3 is 0 Å². The molecule has 4 nitrogen and oxygen atoms in total. The van der Waals surface area contributed by atoms with Crippen molar-refractivity contribution in [3.63, 3.8) is 0 Å². The van der Waals surface area contributed by atoms with Gasteiger partial charge in [-0.3, -0.25) is 4.90 Å². The first kappa shape index (κ1) is 12.9. The third-order valence-corrected chi connectivity index (χ3v) is 4.19. The number of benzene rings is 1. The zero-order valence-electron chi connectivity index (χ0n) is 11.7. The summed E-state index contributed by atoms with van der Waals surface area (Å²) in [4.78, 5) is 4.73. The summed E-state index contributed by atoms with van der Waals surface area (Å²) in [6.07, 6.45) is -0.433. The lowest BCUT2D eigenvalue weighted by Crippen LogP contribution is -2.50. The summed E-state index contributed by atoms with van der Waals surface area (Å²) in [5.41, 5.74) is 2.36. The molecular weight excluding hydrogens is 240 g/mol. The van der Waals surface area contributed by atoms with Gasteiger partial charge in [-0.25, -0.2) is 0 Å². The Morgan fingerprint density at radius 1 is 1.21 bits per heavy atom. The highest BCUT2D eigenvalue weighted by Gasteiger charge is 2.35. The fraction of sp³-hybridized carbons (Fsp3) is 0.600. The van der Waals surface area contributed by atoms with Crippen molar-refractivity contribution in [2.75, 3.05) is 39.8 Å². The molecule has 2 aliphatic rings. The van der Waals surface area contributed by atoms with Crippen LogP contribution in [0.3, 0.4) is 0 Å². The third kappa shape index (κ3) is 2.48. The molecule has 2 unspecified atom stereocenters. The second-order valence-electron chi connectivity index (χ2n) is 5.70. The summed E-state index contributed by atoms with van der Waals surface area (Å²) < 4.78 is 5.65. The van der Waals surface area contributed by atoms with E-state index < -0.39 is 6.10 Å². The summed E-state index contributed by atoms with van der Waals surface area (Å²) >= 11 is 0. The number of hydrogen-bond acceptors (Lipinski definition) is 4. The highest BCUT2D eigenvalue weighted by Crippen LogP contribution is 2.37. The highest BCUT2D eigenvalue weighted by molar-refractivity contribution is 5.41. The van der Waals surface area contributed by atoms with E-state index in [-0.39, 0.29) is 6.04 Å². The highest BCUT2D eigenvalue weighted by atomic mass is 16.5. The van der Waals surface area contributed by atoms with Crippen LogP contribution in [-0.4, -0.2) is 60.8 Å². The first-order chi connectivity index (χ1) is 9.15. The molecule has 2 atom stereocenters. The molecule has 2 aliphatic heterocycles. The Morgan fingerprint density at radius 2 is 1.95 bits per heavy atom. The maximum absolute atomic E-state index is 10.3. The van der Waals surface area contributed by atoms with Crippen LogP contribution in [0.5, 0.6) is 5.75 Å². The fourth-order valence-corrected chi connectivity index (χ4v) is 3.04. The second-order valence-corrected chi connectivity index (χ2v) is 5.70. The molecule has 0 radical (unpaired) electrons. The summed E-state index contributed by atoms with van der Waals surface area (Å²) in [7, 11) is 2.15. The van der Waals surface area contributed by atoms with Gasteiger partial charge in [-0.05, 0) is 20.0 Å². The molecule has 1 aromatic rings. The van der Waals surface area contributed by atoms with Crippen molar-refractivity contribution in [2.24, 2.45) is 0 Å². The van der Waals surface area contributed by atoms with Crippen molar-refractivity contribution in [3.8, 4) is 5.75 Å². The zero-order chi connectivity index (χ0) is 13.4. The Kier molecular flexibility index (Phi) is 3.48. The van der Waals surface area contributed by atoms with Crippen molar-refractivity contribution in [3.05, 3.63) is 29.3 Å². The first-order valence-electron chi connectivity index (χ1n) is 6.99. The number of hydrogen-bond donors (Lipinski definition) is 1. The third-order valence-electron chi connectivity index (χ3n) is 4.19. The topological polar surface area (TPSA) is 35.9 Å². The fourth-order valence-electron chi connectivity index (χ4n) is 3.04. The summed E-state index contributed by atoms with van der Waals surface area (Å²) in [6, 6.07) is 6.33. The van der Waals surface area contributed by atoms with Crippen LogP contribution in [-0.2, 0) is 0 Å². The van der Waals surface area contributed by atoms with Crippen molar-refractivity contribution >= 4 is 0 Å². The van der Waals surface area contributed by atoms with Gasteiger partial charge in [0.1, 0.15) is 18.5 Å². The van der Waals surface area contributed by atoms with Crippen LogP contribution in [0.1, 0.15) is 17.2 Å². The van der Waals surface area contributed by atoms with Crippen LogP contribution in [0.15, 0.2) is 18.2 Å². The van der Waals surface area contributed by atoms with Gasteiger partial charge in [0.25, 0.3) is 0 Å². The molecule has 1 saturated heterocycles. The van der Waals surface area contributed by atoms with E-state index in [2.05, 4.69) is 35.9 Å². The molecule has 0 aliphatic carbocycles. The molecule has 4 heteroatoms. The summed E-state index contributed by atoms with van der Waals surface area (Å²) in [5, 5.41) is 10.3. The van der Waals surface area contributed by atoms with Gasteiger partial charge in [-0.2, -0.15) is 0 Å². The van der Waals surface area contributed by atoms with E-state index >= 15 is 0 Å². The van der Waals surface area contributed by atoms with Crippen LogP contribution in [0.4, 0.5) is 0 Å². The van der Waals surface area contributed by atoms with Gasteiger partial charge in [0.2, 0.25) is 0 Å². The largest absolute Gasteiger partial charge is 0.490 e. The molecule has 0 spiro atoms. The average molecular weight is 262 g/mol. The first-order valence-corrected chi connectivity index (χ1v) is 6.99. The number of fused-ring (bicyclic) bond motifs is 1. The molecule has 104 valence electrons. The summed E-state index contributed by atoms with van der Waals surface area (Å²) in [6.45, 7) is 6.61. The van der Waals surface area contributed by atoms with E-state index in [0.29, 0.717) is 6.61 Å². The van der Waals surface area contributed by atoms with Crippen LogP contribution in [0.25, 0.3) is 0 Å². The number of aliphatic hydroxyl groups is 1. The van der Waals surface area contributed by atoms with Gasteiger partial charge in [0.15, 0.2) is 0 Å². The molecule has 2 heterocycles. The number of nitrogens with zero attached hydrogens (tertiary/aromatic N) is 2. The number of piperazine rings is 1. The minimum Gasteiger partial charge on any atom is -0.490 e. The lowest BCUT2D eigenvalue weighted by molar-refractivity contribution is -0.0152. The average Bonchev–Trinajstić information content (AvgIpc) is 2.40. The number of aliphatic hydroxyl groups excluding tert-OH is 1. The smallest absolute Gasteiger partial charge is 0.124 e. The van der Waals surface area contributed by atoms with Crippen molar-refractivity contribution in [1.82, 2.24) is 9.80 Å². The van der Waals surface area contributed by atoms with Gasteiger partial charge in [-0.15, -0.1) is 0 Å². The molecule has 1 fully saturated rings. The Labute approximate surface area is 114 Å². The Hall–Kier alpha value is -1.10. The zero-order valence-corrected chi connectivity index (χ0v) is 11.7. The van der Waals surface area contributed by atoms with E-state index in [4.69, 9.17) is 4.74 Å². The van der Waals surface area contributed by atoms with Gasteiger partial charge < -0.3 is 14.7 Å². The van der Waals surface area contributed by atoms with E-state index in [1.807, 2.05) is 6.07 Å². The predicted octanol–water partition coefficient (Wildman–Crippen LogP) is 1.04. The van der Waals surface area contributed by atoms with Crippen molar-refractivity contribution < 1.29 is 9.84 Å².